The molecule has 0 saturated carbocycles. The minimum absolute atomic E-state index is 0.0487. The van der Waals surface area contributed by atoms with Crippen molar-refractivity contribution in [3.8, 4) is 0 Å². The van der Waals surface area contributed by atoms with Crippen molar-refractivity contribution in [3.05, 3.63) is 96.0 Å². The van der Waals surface area contributed by atoms with Crippen molar-refractivity contribution in [2.75, 3.05) is 23.9 Å². The average Bonchev–Trinajstić information content (AvgIpc) is 3.38. The largest absolute Gasteiger partial charge is 0.507 e. The summed E-state index contributed by atoms with van der Waals surface area (Å²) in [6.07, 6.45) is 4.87. The molecule has 7 heteroatoms. The van der Waals surface area contributed by atoms with Gasteiger partial charge in [-0.15, -0.1) is 0 Å². The first-order valence-electron chi connectivity index (χ1n) is 10.5. The number of para-hydroxylation sites is 1. The summed E-state index contributed by atoms with van der Waals surface area (Å²) in [6, 6.07) is 17.6. The molecule has 1 fully saturated rings. The van der Waals surface area contributed by atoms with Crippen LogP contribution in [-0.2, 0) is 9.59 Å². The van der Waals surface area contributed by atoms with Gasteiger partial charge in [-0.1, -0.05) is 18.2 Å². The van der Waals surface area contributed by atoms with Crippen LogP contribution in [0, 0.1) is 0 Å². The lowest BCUT2D eigenvalue weighted by Gasteiger charge is -2.26. The van der Waals surface area contributed by atoms with Gasteiger partial charge in [0.25, 0.3) is 11.7 Å². The number of H-pyrrole nitrogens is 1. The minimum Gasteiger partial charge on any atom is -0.507 e. The van der Waals surface area contributed by atoms with Gasteiger partial charge in [0, 0.05) is 60.5 Å². The fourth-order valence-corrected chi connectivity index (χ4v) is 4.28. The van der Waals surface area contributed by atoms with Gasteiger partial charge in [-0.05, 0) is 48.0 Å². The molecule has 0 spiro atoms. The van der Waals surface area contributed by atoms with Crippen molar-refractivity contribution in [1.29, 1.82) is 0 Å². The maximum atomic E-state index is 13.3. The number of hydrogen-bond acceptors (Lipinski definition) is 5. The molecule has 2 aromatic carbocycles. The maximum absolute atomic E-state index is 13.3. The smallest absolute Gasteiger partial charge is 0.300 e. The summed E-state index contributed by atoms with van der Waals surface area (Å²) in [7, 11) is 3.86. The molecule has 164 valence electrons. The summed E-state index contributed by atoms with van der Waals surface area (Å²) in [4.78, 5) is 37.1. The molecule has 1 unspecified atom stereocenters. The molecule has 2 aromatic heterocycles. The Morgan fingerprint density at radius 3 is 2.39 bits per heavy atom. The SMILES string of the molecule is CN(C)c1ccc(N2C(=O)C(=O)/C(=C(\O)c3c[nH]c4ccccc34)C2c2ccncc2)cc1. The van der Waals surface area contributed by atoms with Gasteiger partial charge >= 0.3 is 0 Å². The Labute approximate surface area is 190 Å². The second-order valence-electron chi connectivity index (χ2n) is 8.11. The van der Waals surface area contributed by atoms with Gasteiger partial charge in [0.2, 0.25) is 0 Å². The second-order valence-corrected chi connectivity index (χ2v) is 8.11. The number of benzene rings is 2. The van der Waals surface area contributed by atoms with Crippen LogP contribution in [0.3, 0.4) is 0 Å². The number of ketones is 1. The number of anilines is 2. The highest BCUT2D eigenvalue weighted by Crippen LogP contribution is 2.43. The number of nitrogens with zero attached hydrogens (tertiary/aromatic N) is 3. The lowest BCUT2D eigenvalue weighted by molar-refractivity contribution is -0.132. The second kappa shape index (κ2) is 7.94. The van der Waals surface area contributed by atoms with Crippen molar-refractivity contribution in [3.63, 3.8) is 0 Å². The number of pyridine rings is 1. The number of aromatic nitrogens is 2. The van der Waals surface area contributed by atoms with Crippen LogP contribution < -0.4 is 9.80 Å². The fourth-order valence-electron chi connectivity index (χ4n) is 4.28. The number of aromatic amines is 1. The number of rotatable bonds is 4. The molecular weight excluding hydrogens is 416 g/mol. The van der Waals surface area contributed by atoms with Crippen LogP contribution in [0.15, 0.2) is 84.8 Å². The normalized spacial score (nSPS) is 17.6. The Morgan fingerprint density at radius 1 is 1.00 bits per heavy atom. The van der Waals surface area contributed by atoms with Gasteiger partial charge in [0.05, 0.1) is 11.6 Å². The maximum Gasteiger partial charge on any atom is 0.300 e. The first kappa shape index (κ1) is 20.5. The van der Waals surface area contributed by atoms with E-state index in [1.807, 2.05) is 55.4 Å². The zero-order valence-electron chi connectivity index (χ0n) is 18.2. The number of fused-ring (bicyclic) bond motifs is 1. The summed E-state index contributed by atoms with van der Waals surface area (Å²) >= 11 is 0. The van der Waals surface area contributed by atoms with E-state index >= 15 is 0 Å². The Hall–Kier alpha value is -4.39. The number of nitrogens with one attached hydrogen (secondary N) is 1. The molecule has 1 atom stereocenters. The third-order valence-corrected chi connectivity index (χ3v) is 5.95. The predicted octanol–water partition coefficient (Wildman–Crippen LogP) is 4.26. The first-order chi connectivity index (χ1) is 16.0. The topological polar surface area (TPSA) is 89.5 Å². The molecule has 1 aliphatic heterocycles. The first-order valence-corrected chi connectivity index (χ1v) is 10.5. The summed E-state index contributed by atoms with van der Waals surface area (Å²) in [5, 5.41) is 12.1. The summed E-state index contributed by atoms with van der Waals surface area (Å²) in [5.41, 5.74) is 3.57. The highest BCUT2D eigenvalue weighted by molar-refractivity contribution is 6.51. The molecule has 4 aromatic rings. The zero-order chi connectivity index (χ0) is 23.1. The molecule has 0 aliphatic carbocycles. The van der Waals surface area contributed by atoms with E-state index in [-0.39, 0.29) is 11.3 Å². The number of aliphatic hydroxyl groups is 1. The van der Waals surface area contributed by atoms with Crippen molar-refractivity contribution in [1.82, 2.24) is 9.97 Å². The standard InChI is InChI=1S/C26H22N4O3/c1-29(2)17-7-9-18(10-8-17)30-23(16-11-13-27-14-12-16)22(25(32)26(30)33)24(31)20-15-28-21-6-4-3-5-19(20)21/h3-15,23,28,31H,1-2H3/b24-22-. The van der Waals surface area contributed by atoms with Crippen molar-refractivity contribution < 1.29 is 14.7 Å². The lowest BCUT2D eigenvalue weighted by Crippen LogP contribution is -2.29. The Kier molecular flexibility index (Phi) is 4.94. The number of hydrogen-bond donors (Lipinski definition) is 2. The number of aliphatic hydroxyl groups excluding tert-OH is 1. The monoisotopic (exact) mass is 438 g/mol. The van der Waals surface area contributed by atoms with Gasteiger partial charge in [-0.25, -0.2) is 0 Å². The molecule has 3 heterocycles. The van der Waals surface area contributed by atoms with Gasteiger partial charge in [0.1, 0.15) is 5.76 Å². The average molecular weight is 438 g/mol. The van der Waals surface area contributed by atoms with Crippen LogP contribution in [0.25, 0.3) is 16.7 Å². The van der Waals surface area contributed by atoms with Crippen LogP contribution in [0.5, 0.6) is 0 Å². The number of carbonyl (C=O) groups excluding carboxylic acids is 2. The van der Waals surface area contributed by atoms with Gasteiger partial charge < -0.3 is 15.0 Å². The van der Waals surface area contributed by atoms with E-state index in [0.717, 1.165) is 16.6 Å². The van der Waals surface area contributed by atoms with E-state index in [1.165, 1.54) is 4.90 Å². The van der Waals surface area contributed by atoms with Crippen LogP contribution in [0.1, 0.15) is 17.2 Å². The van der Waals surface area contributed by atoms with Crippen LogP contribution in [0.2, 0.25) is 0 Å². The van der Waals surface area contributed by atoms with E-state index in [9.17, 15) is 14.7 Å². The Morgan fingerprint density at radius 2 is 1.70 bits per heavy atom. The molecule has 0 radical (unpaired) electrons. The Bertz CT molecular complexity index is 1390. The highest BCUT2D eigenvalue weighted by atomic mass is 16.3. The van der Waals surface area contributed by atoms with E-state index in [2.05, 4.69) is 9.97 Å². The van der Waals surface area contributed by atoms with Gasteiger partial charge in [-0.2, -0.15) is 0 Å². The minimum atomic E-state index is -0.785. The molecule has 0 bridgehead atoms. The molecule has 7 nitrogen and oxygen atoms in total. The summed E-state index contributed by atoms with van der Waals surface area (Å²) < 4.78 is 0. The third kappa shape index (κ3) is 3.34. The number of Topliss-reactive ketones (excluding diaryl/α,β-unsaturated/α-hetero) is 1. The van der Waals surface area contributed by atoms with E-state index in [4.69, 9.17) is 0 Å². The predicted molar refractivity (Wildman–Crippen MR) is 128 cm³/mol. The fraction of sp³-hybridized carbons (Fsp3) is 0.115. The Balaban J connectivity index is 1.71. The molecule has 5 rings (SSSR count). The summed E-state index contributed by atoms with van der Waals surface area (Å²) in [6.45, 7) is 0. The van der Waals surface area contributed by atoms with Gasteiger partial charge in [0.15, 0.2) is 0 Å². The molecule has 1 amide bonds. The zero-order valence-corrected chi connectivity index (χ0v) is 18.2. The summed E-state index contributed by atoms with van der Waals surface area (Å²) in [5.74, 6) is -1.62. The van der Waals surface area contributed by atoms with Crippen LogP contribution in [0.4, 0.5) is 11.4 Å². The van der Waals surface area contributed by atoms with Crippen LogP contribution >= 0.6 is 0 Å². The molecule has 2 N–H and O–H groups in total. The van der Waals surface area contributed by atoms with Crippen molar-refractivity contribution in [2.24, 2.45) is 0 Å². The molecule has 1 saturated heterocycles. The molecule has 33 heavy (non-hydrogen) atoms. The van der Waals surface area contributed by atoms with Crippen LogP contribution in [-0.4, -0.2) is 40.9 Å². The van der Waals surface area contributed by atoms with Crippen molar-refractivity contribution in [2.45, 2.75) is 6.04 Å². The number of carbonyl (C=O) groups is 2. The third-order valence-electron chi connectivity index (χ3n) is 5.95. The lowest BCUT2D eigenvalue weighted by atomic mass is 9.95. The van der Waals surface area contributed by atoms with Crippen molar-refractivity contribution >= 4 is 39.7 Å². The van der Waals surface area contributed by atoms with E-state index in [0.29, 0.717) is 16.8 Å². The van der Waals surface area contributed by atoms with E-state index in [1.54, 1.807) is 42.9 Å². The molecule has 1 aliphatic rings. The quantitative estimate of drug-likeness (QED) is 0.282. The highest BCUT2D eigenvalue weighted by Gasteiger charge is 2.47. The van der Waals surface area contributed by atoms with Gasteiger partial charge in [-0.3, -0.25) is 19.5 Å². The molecular formula is C26H22N4O3. The van der Waals surface area contributed by atoms with E-state index < -0.39 is 17.7 Å². The number of amides is 1.